The van der Waals surface area contributed by atoms with E-state index in [9.17, 15) is 22.8 Å². The number of amides is 1. The highest BCUT2D eigenvalue weighted by molar-refractivity contribution is 5.76. The fourth-order valence-corrected chi connectivity index (χ4v) is 3.81. The first-order chi connectivity index (χ1) is 15.7. The quantitative estimate of drug-likeness (QED) is 0.620. The van der Waals surface area contributed by atoms with Crippen molar-refractivity contribution in [3.63, 3.8) is 0 Å². The lowest BCUT2D eigenvalue weighted by atomic mass is 10.1. The zero-order valence-electron chi connectivity index (χ0n) is 18.6. The van der Waals surface area contributed by atoms with Crippen LogP contribution in [0.1, 0.15) is 11.1 Å². The molecule has 2 aromatic rings. The number of carbonyl (C=O) groups excluding carboxylic acids is 1. The summed E-state index contributed by atoms with van der Waals surface area (Å²) in [6.07, 6.45) is -3.57. The fraction of sp³-hybridized carbons (Fsp3) is 0.455. The molecule has 1 saturated heterocycles. The summed E-state index contributed by atoms with van der Waals surface area (Å²) < 4.78 is 55.9. The third-order valence-electron chi connectivity index (χ3n) is 5.54. The molecule has 3 rings (SSSR count). The first-order valence-electron chi connectivity index (χ1n) is 10.2. The first kappa shape index (κ1) is 24.4. The van der Waals surface area contributed by atoms with E-state index in [1.54, 1.807) is 25.2 Å². The van der Waals surface area contributed by atoms with E-state index < -0.39 is 29.8 Å². The van der Waals surface area contributed by atoms with Gasteiger partial charge in [0.15, 0.2) is 11.5 Å². The van der Waals surface area contributed by atoms with Gasteiger partial charge < -0.3 is 23.7 Å². The van der Waals surface area contributed by atoms with Crippen molar-refractivity contribution in [1.82, 2.24) is 14.4 Å². The Morgan fingerprint density at radius 2 is 1.64 bits per heavy atom. The smallest absolute Gasteiger partial charge is 0.421 e. The molecule has 1 amide bonds. The predicted molar refractivity (Wildman–Crippen MR) is 114 cm³/mol. The summed E-state index contributed by atoms with van der Waals surface area (Å²) in [5.41, 5.74) is -1.62. The van der Waals surface area contributed by atoms with Crippen molar-refractivity contribution < 1.29 is 32.2 Å². The molecule has 1 aliphatic rings. The zero-order valence-corrected chi connectivity index (χ0v) is 18.6. The number of methoxy groups -OCH3 is 3. The third kappa shape index (κ3) is 5.41. The Hall–Kier alpha value is -3.21. The minimum Gasteiger partial charge on any atom is -0.493 e. The van der Waals surface area contributed by atoms with Gasteiger partial charge in [0.25, 0.3) is 5.56 Å². The number of hydrogen-bond acceptors (Lipinski definition) is 6. The van der Waals surface area contributed by atoms with Crippen LogP contribution in [0.3, 0.4) is 0 Å². The van der Waals surface area contributed by atoms with Gasteiger partial charge in [0.05, 0.1) is 21.3 Å². The minimum absolute atomic E-state index is 0.391. The van der Waals surface area contributed by atoms with Crippen LogP contribution in [0.25, 0.3) is 0 Å². The van der Waals surface area contributed by atoms with Crippen molar-refractivity contribution in [2.75, 3.05) is 47.5 Å². The fourth-order valence-electron chi connectivity index (χ4n) is 3.81. The number of alkyl halides is 3. The summed E-state index contributed by atoms with van der Waals surface area (Å²) >= 11 is 0. The van der Waals surface area contributed by atoms with Gasteiger partial charge in [-0.05, 0) is 18.2 Å². The van der Waals surface area contributed by atoms with Gasteiger partial charge in [-0.3, -0.25) is 14.5 Å². The molecule has 0 aliphatic carbocycles. The minimum atomic E-state index is -4.76. The summed E-state index contributed by atoms with van der Waals surface area (Å²) in [5.74, 6) is 1.22. The molecule has 0 N–H and O–H groups in total. The van der Waals surface area contributed by atoms with E-state index >= 15 is 0 Å². The molecule has 1 aromatic carbocycles. The van der Waals surface area contributed by atoms with Gasteiger partial charge in [-0.2, -0.15) is 13.2 Å². The van der Waals surface area contributed by atoms with Gasteiger partial charge in [-0.15, -0.1) is 0 Å². The second-order valence-electron chi connectivity index (χ2n) is 7.50. The lowest BCUT2D eigenvalue weighted by molar-refractivity contribution is -0.140. The maximum Gasteiger partial charge on any atom is 0.421 e. The van der Waals surface area contributed by atoms with Crippen molar-refractivity contribution in [2.24, 2.45) is 0 Å². The van der Waals surface area contributed by atoms with Crippen LogP contribution < -0.4 is 19.8 Å². The molecule has 1 aliphatic heterocycles. The molecule has 0 unspecified atom stereocenters. The number of pyridine rings is 1. The number of nitrogens with zero attached hydrogens (tertiary/aromatic N) is 3. The molecule has 2 heterocycles. The molecule has 8 nitrogen and oxygen atoms in total. The van der Waals surface area contributed by atoms with E-state index in [0.29, 0.717) is 56.0 Å². The van der Waals surface area contributed by atoms with Crippen LogP contribution in [0.2, 0.25) is 0 Å². The molecule has 0 spiro atoms. The summed E-state index contributed by atoms with van der Waals surface area (Å²) in [6, 6.07) is 5.51. The maximum absolute atomic E-state index is 12.9. The Balaban J connectivity index is 1.63. The van der Waals surface area contributed by atoms with E-state index in [0.717, 1.165) is 16.2 Å². The van der Waals surface area contributed by atoms with Gasteiger partial charge in [0.2, 0.25) is 11.7 Å². The van der Waals surface area contributed by atoms with E-state index in [1.165, 1.54) is 13.3 Å². The van der Waals surface area contributed by atoms with Gasteiger partial charge in [-0.25, -0.2) is 0 Å². The van der Waals surface area contributed by atoms with E-state index in [4.69, 9.17) is 14.2 Å². The Morgan fingerprint density at radius 3 is 2.21 bits per heavy atom. The highest BCUT2D eigenvalue weighted by Crippen LogP contribution is 2.40. The molecule has 33 heavy (non-hydrogen) atoms. The van der Waals surface area contributed by atoms with E-state index in [1.807, 2.05) is 6.07 Å². The zero-order chi connectivity index (χ0) is 24.2. The predicted octanol–water partition coefficient (Wildman–Crippen LogP) is 2.24. The van der Waals surface area contributed by atoms with Crippen molar-refractivity contribution >= 4 is 5.91 Å². The number of rotatable bonds is 7. The topological polar surface area (TPSA) is 73.2 Å². The van der Waals surface area contributed by atoms with Crippen LogP contribution in [-0.2, 0) is 24.1 Å². The van der Waals surface area contributed by atoms with Gasteiger partial charge >= 0.3 is 6.18 Å². The van der Waals surface area contributed by atoms with Crippen LogP contribution >= 0.6 is 0 Å². The standard InChI is InChI=1S/C22H26F3N3O5/c1-31-17-7-6-15(19(32-2)20(17)33-3)13-26-9-11-27(12-10-26)18(29)14-28-8-4-5-16(21(28)30)22(23,24)25/h4-8H,9-14H2,1-3H3. The van der Waals surface area contributed by atoms with Crippen molar-refractivity contribution in [1.29, 1.82) is 0 Å². The molecule has 0 atom stereocenters. The van der Waals surface area contributed by atoms with Crippen molar-refractivity contribution in [2.45, 2.75) is 19.3 Å². The largest absolute Gasteiger partial charge is 0.493 e. The Kier molecular flexibility index (Phi) is 7.52. The van der Waals surface area contributed by atoms with Crippen LogP contribution in [0.5, 0.6) is 17.2 Å². The van der Waals surface area contributed by atoms with Gasteiger partial charge in [0.1, 0.15) is 12.1 Å². The molecular formula is C22H26F3N3O5. The van der Waals surface area contributed by atoms with E-state index in [2.05, 4.69) is 4.90 Å². The summed E-state index contributed by atoms with van der Waals surface area (Å²) in [5, 5.41) is 0. The molecule has 0 bridgehead atoms. The molecule has 180 valence electrons. The van der Waals surface area contributed by atoms with Gasteiger partial charge in [-0.1, -0.05) is 6.07 Å². The maximum atomic E-state index is 12.9. The van der Waals surface area contributed by atoms with Crippen LogP contribution in [0, 0.1) is 0 Å². The summed E-state index contributed by atoms with van der Waals surface area (Å²) in [4.78, 5) is 28.4. The summed E-state index contributed by atoms with van der Waals surface area (Å²) in [7, 11) is 4.62. The highest BCUT2D eigenvalue weighted by atomic mass is 19.4. The number of carbonyl (C=O) groups is 1. The molecule has 0 saturated carbocycles. The third-order valence-corrected chi connectivity index (χ3v) is 5.54. The highest BCUT2D eigenvalue weighted by Gasteiger charge is 2.34. The van der Waals surface area contributed by atoms with Crippen molar-refractivity contribution in [3.8, 4) is 17.2 Å². The normalized spacial score (nSPS) is 14.8. The lowest BCUT2D eigenvalue weighted by Gasteiger charge is -2.35. The Labute approximate surface area is 189 Å². The van der Waals surface area contributed by atoms with E-state index in [-0.39, 0.29) is 0 Å². The Morgan fingerprint density at radius 1 is 0.970 bits per heavy atom. The second-order valence-corrected chi connectivity index (χ2v) is 7.50. The second kappa shape index (κ2) is 10.2. The lowest BCUT2D eigenvalue weighted by Crippen LogP contribution is -2.49. The number of ether oxygens (including phenoxy) is 3. The number of piperazine rings is 1. The Bertz CT molecular complexity index is 1050. The molecule has 1 fully saturated rings. The first-order valence-corrected chi connectivity index (χ1v) is 10.2. The number of aromatic nitrogens is 1. The summed E-state index contributed by atoms with van der Waals surface area (Å²) in [6.45, 7) is 2.01. The molecule has 11 heteroatoms. The van der Waals surface area contributed by atoms with Crippen molar-refractivity contribution in [3.05, 3.63) is 51.9 Å². The SMILES string of the molecule is COc1ccc(CN2CCN(C(=O)Cn3cccc(C(F)(F)F)c3=O)CC2)c(OC)c1OC. The molecule has 0 radical (unpaired) electrons. The van der Waals surface area contributed by atoms with Crippen LogP contribution in [-0.4, -0.2) is 67.8 Å². The molecular weight excluding hydrogens is 443 g/mol. The average molecular weight is 469 g/mol. The molecule has 1 aromatic heterocycles. The number of benzene rings is 1. The monoisotopic (exact) mass is 469 g/mol. The number of halogens is 3. The van der Waals surface area contributed by atoms with Crippen LogP contribution in [0.15, 0.2) is 35.3 Å². The average Bonchev–Trinajstić information content (AvgIpc) is 2.79. The van der Waals surface area contributed by atoms with Gasteiger partial charge in [0, 0.05) is 44.5 Å². The van der Waals surface area contributed by atoms with Crippen LogP contribution in [0.4, 0.5) is 13.2 Å². The number of hydrogen-bond donors (Lipinski definition) is 0.